The molecular formula is C19H24O2. The first kappa shape index (κ1) is 14.5. The van der Waals surface area contributed by atoms with Gasteiger partial charge in [-0.2, -0.15) is 0 Å². The van der Waals surface area contributed by atoms with E-state index in [0.29, 0.717) is 11.1 Å². The van der Waals surface area contributed by atoms with Gasteiger partial charge in [0, 0.05) is 22.1 Å². The van der Waals surface area contributed by atoms with Crippen LogP contribution in [0.25, 0.3) is 0 Å². The highest BCUT2D eigenvalue weighted by atomic mass is 16.1. The van der Waals surface area contributed by atoms with Crippen molar-refractivity contribution in [1.29, 1.82) is 0 Å². The lowest BCUT2D eigenvalue weighted by Gasteiger charge is -2.44. The van der Waals surface area contributed by atoms with E-state index >= 15 is 0 Å². The van der Waals surface area contributed by atoms with E-state index in [0.717, 1.165) is 24.8 Å². The normalized spacial score (nSPS) is 31.1. The van der Waals surface area contributed by atoms with E-state index in [4.69, 9.17) is 0 Å². The van der Waals surface area contributed by atoms with Crippen LogP contribution in [-0.2, 0) is 9.59 Å². The van der Waals surface area contributed by atoms with E-state index in [1.807, 2.05) is 19.9 Å². The highest BCUT2D eigenvalue weighted by molar-refractivity contribution is 6.25. The minimum Gasteiger partial charge on any atom is -0.290 e. The van der Waals surface area contributed by atoms with E-state index in [2.05, 4.69) is 20.8 Å². The van der Waals surface area contributed by atoms with Crippen LogP contribution in [0.1, 0.15) is 53.9 Å². The van der Waals surface area contributed by atoms with Crippen LogP contribution in [0, 0.1) is 16.7 Å². The lowest BCUT2D eigenvalue weighted by atomic mass is 9.59. The van der Waals surface area contributed by atoms with Gasteiger partial charge in [-0.15, -0.1) is 0 Å². The summed E-state index contributed by atoms with van der Waals surface area (Å²) in [6.07, 6.45) is 6.85. The van der Waals surface area contributed by atoms with Gasteiger partial charge < -0.3 is 0 Å². The SMILES string of the molecule is CC(C)C1=CC(=O)C2=C(C=C3C(C)(C)CCC[C@@]32C)C1=O. The zero-order valence-corrected chi connectivity index (χ0v) is 13.7. The van der Waals surface area contributed by atoms with Crippen molar-refractivity contribution < 1.29 is 9.59 Å². The first-order chi connectivity index (χ1) is 9.68. The number of fused-ring (bicyclic) bond motifs is 2. The molecule has 1 fully saturated rings. The molecule has 0 aromatic carbocycles. The van der Waals surface area contributed by atoms with E-state index in [9.17, 15) is 9.59 Å². The fourth-order valence-corrected chi connectivity index (χ4v) is 4.48. The Morgan fingerprint density at radius 3 is 2.33 bits per heavy atom. The van der Waals surface area contributed by atoms with Crippen molar-refractivity contribution in [2.45, 2.75) is 53.9 Å². The molecule has 3 rings (SSSR count). The molecule has 0 aromatic heterocycles. The number of rotatable bonds is 1. The molecule has 0 unspecified atom stereocenters. The average Bonchev–Trinajstić information content (AvgIpc) is 2.69. The molecular weight excluding hydrogens is 260 g/mol. The van der Waals surface area contributed by atoms with Crippen molar-refractivity contribution in [3.63, 3.8) is 0 Å². The third-order valence-electron chi connectivity index (χ3n) is 5.57. The summed E-state index contributed by atoms with van der Waals surface area (Å²) < 4.78 is 0. The molecule has 1 saturated carbocycles. The second-order valence-electron chi connectivity index (χ2n) is 7.86. The van der Waals surface area contributed by atoms with Crippen LogP contribution in [-0.4, -0.2) is 11.6 Å². The van der Waals surface area contributed by atoms with Crippen molar-refractivity contribution in [3.8, 4) is 0 Å². The van der Waals surface area contributed by atoms with E-state index in [1.165, 1.54) is 5.57 Å². The van der Waals surface area contributed by atoms with E-state index in [1.54, 1.807) is 6.08 Å². The second-order valence-corrected chi connectivity index (χ2v) is 7.86. The minimum absolute atomic E-state index is 0.0553. The third-order valence-corrected chi connectivity index (χ3v) is 5.57. The monoisotopic (exact) mass is 284 g/mol. The number of hydrogen-bond acceptors (Lipinski definition) is 2. The molecule has 0 saturated heterocycles. The highest BCUT2D eigenvalue weighted by Crippen LogP contribution is 2.59. The summed E-state index contributed by atoms with van der Waals surface area (Å²) in [7, 11) is 0. The van der Waals surface area contributed by atoms with Gasteiger partial charge >= 0.3 is 0 Å². The largest absolute Gasteiger partial charge is 0.290 e. The molecule has 2 heteroatoms. The number of carbonyl (C=O) groups is 2. The minimum atomic E-state index is -0.233. The smallest absolute Gasteiger partial charge is 0.189 e. The lowest BCUT2D eigenvalue weighted by Crippen LogP contribution is -2.36. The maximum Gasteiger partial charge on any atom is 0.189 e. The van der Waals surface area contributed by atoms with Crippen LogP contribution in [0.15, 0.2) is 34.4 Å². The summed E-state index contributed by atoms with van der Waals surface area (Å²) in [6.45, 7) is 10.6. The Morgan fingerprint density at radius 2 is 1.71 bits per heavy atom. The molecule has 0 aliphatic heterocycles. The Kier molecular flexibility index (Phi) is 2.96. The molecule has 0 spiro atoms. The van der Waals surface area contributed by atoms with Crippen LogP contribution in [0.2, 0.25) is 0 Å². The Balaban J connectivity index is 2.16. The second kappa shape index (κ2) is 4.28. The van der Waals surface area contributed by atoms with Gasteiger partial charge in [-0.25, -0.2) is 0 Å². The lowest BCUT2D eigenvalue weighted by molar-refractivity contribution is -0.116. The number of allylic oxidation sites excluding steroid dienone is 6. The van der Waals surface area contributed by atoms with Crippen molar-refractivity contribution in [3.05, 3.63) is 34.4 Å². The molecule has 0 heterocycles. The van der Waals surface area contributed by atoms with E-state index < -0.39 is 0 Å². The Morgan fingerprint density at radius 1 is 1.05 bits per heavy atom. The zero-order valence-electron chi connectivity index (χ0n) is 13.7. The highest BCUT2D eigenvalue weighted by Gasteiger charge is 2.51. The Labute approximate surface area is 127 Å². The molecule has 1 atom stereocenters. The predicted molar refractivity (Wildman–Crippen MR) is 83.8 cm³/mol. The molecule has 3 aliphatic carbocycles. The molecule has 3 aliphatic rings. The predicted octanol–water partition coefficient (Wildman–Crippen LogP) is 4.17. The molecule has 2 nitrogen and oxygen atoms in total. The maximum absolute atomic E-state index is 12.8. The summed E-state index contributed by atoms with van der Waals surface area (Å²) in [6, 6.07) is 0. The Bertz CT molecular complexity index is 640. The van der Waals surface area contributed by atoms with Crippen LogP contribution in [0.5, 0.6) is 0 Å². The summed E-state index contributed by atoms with van der Waals surface area (Å²) in [5, 5.41) is 0. The molecule has 21 heavy (non-hydrogen) atoms. The van der Waals surface area contributed by atoms with Crippen LogP contribution >= 0.6 is 0 Å². The van der Waals surface area contributed by atoms with Gasteiger partial charge in [0.1, 0.15) is 0 Å². The van der Waals surface area contributed by atoms with Gasteiger partial charge in [-0.05, 0) is 36.3 Å². The molecule has 112 valence electrons. The molecule has 0 N–H and O–H groups in total. The number of hydrogen-bond donors (Lipinski definition) is 0. The molecule has 0 aromatic rings. The van der Waals surface area contributed by atoms with Crippen LogP contribution in [0.4, 0.5) is 0 Å². The van der Waals surface area contributed by atoms with Gasteiger partial charge in [-0.3, -0.25) is 9.59 Å². The standard InChI is InChI=1S/C19H24O2/c1-11(2)12-9-14(20)16-13(17(12)21)10-15-18(3,4)7-6-8-19(15,16)5/h9-11H,6-8H2,1-5H3/t19-/m0/s1. The van der Waals surface area contributed by atoms with Crippen LogP contribution < -0.4 is 0 Å². The van der Waals surface area contributed by atoms with E-state index in [-0.39, 0.29) is 28.3 Å². The van der Waals surface area contributed by atoms with Gasteiger partial charge in [0.2, 0.25) is 0 Å². The first-order valence-corrected chi connectivity index (χ1v) is 7.96. The molecule has 0 radical (unpaired) electrons. The molecule has 0 amide bonds. The van der Waals surface area contributed by atoms with Crippen LogP contribution in [0.3, 0.4) is 0 Å². The van der Waals surface area contributed by atoms with Crippen molar-refractivity contribution in [2.75, 3.05) is 0 Å². The quantitative estimate of drug-likeness (QED) is 0.677. The first-order valence-electron chi connectivity index (χ1n) is 7.96. The zero-order chi connectivity index (χ0) is 15.6. The number of ketones is 2. The van der Waals surface area contributed by atoms with Gasteiger partial charge in [0.25, 0.3) is 0 Å². The molecule has 0 bridgehead atoms. The summed E-state index contributed by atoms with van der Waals surface area (Å²) in [4.78, 5) is 25.5. The number of Topliss-reactive ketones (excluding diaryl/α,β-unsaturated/α-hetero) is 1. The van der Waals surface area contributed by atoms with Gasteiger partial charge in [0.05, 0.1) is 0 Å². The average molecular weight is 284 g/mol. The summed E-state index contributed by atoms with van der Waals surface area (Å²) in [5.41, 5.74) is 3.23. The van der Waals surface area contributed by atoms with Crippen molar-refractivity contribution >= 4 is 11.6 Å². The fraction of sp³-hybridized carbons (Fsp3) is 0.579. The Hall–Kier alpha value is -1.44. The summed E-state index contributed by atoms with van der Waals surface area (Å²) >= 11 is 0. The van der Waals surface area contributed by atoms with Crippen molar-refractivity contribution in [1.82, 2.24) is 0 Å². The van der Waals surface area contributed by atoms with Gasteiger partial charge in [0.15, 0.2) is 11.6 Å². The summed E-state index contributed by atoms with van der Waals surface area (Å²) in [5.74, 6) is 0.218. The van der Waals surface area contributed by atoms with Gasteiger partial charge in [-0.1, -0.05) is 46.6 Å². The number of carbonyl (C=O) groups excluding carboxylic acids is 2. The fourth-order valence-electron chi connectivity index (χ4n) is 4.48. The maximum atomic E-state index is 12.8. The third kappa shape index (κ3) is 1.84. The van der Waals surface area contributed by atoms with Crippen molar-refractivity contribution in [2.24, 2.45) is 16.7 Å². The topological polar surface area (TPSA) is 34.1 Å².